The molecule has 3 nitrogen and oxygen atoms in total. The van der Waals surface area contributed by atoms with E-state index in [0.717, 1.165) is 29.3 Å². The second kappa shape index (κ2) is 3.20. The molecule has 0 amide bonds. The van der Waals surface area contributed by atoms with Gasteiger partial charge in [-0.05, 0) is 31.7 Å². The molecule has 1 fully saturated rings. The fourth-order valence-corrected chi connectivity index (χ4v) is 2.13. The molecule has 0 saturated heterocycles. The van der Waals surface area contributed by atoms with E-state index in [1.165, 1.54) is 12.8 Å². The van der Waals surface area contributed by atoms with Gasteiger partial charge in [-0.25, -0.2) is 9.97 Å². The summed E-state index contributed by atoms with van der Waals surface area (Å²) in [4.78, 5) is 8.60. The predicted octanol–water partition coefficient (Wildman–Crippen LogP) is 2.80. The van der Waals surface area contributed by atoms with Crippen LogP contribution in [0, 0.1) is 12.8 Å². The highest BCUT2D eigenvalue weighted by molar-refractivity contribution is 6.33. The van der Waals surface area contributed by atoms with E-state index in [1.54, 1.807) is 0 Å². The Morgan fingerprint density at radius 3 is 3.00 bits per heavy atom. The SMILES string of the molecule is Cc1nc(Cl)c2ccn(CC3CC3)c2n1. The van der Waals surface area contributed by atoms with E-state index in [9.17, 15) is 0 Å². The van der Waals surface area contributed by atoms with Gasteiger partial charge in [0.15, 0.2) is 0 Å². The number of aryl methyl sites for hydroxylation is 1. The predicted molar refractivity (Wildman–Crippen MR) is 60.0 cm³/mol. The van der Waals surface area contributed by atoms with E-state index >= 15 is 0 Å². The molecule has 2 heterocycles. The Balaban J connectivity index is 2.14. The zero-order valence-corrected chi connectivity index (χ0v) is 9.33. The molecule has 3 rings (SSSR count). The highest BCUT2D eigenvalue weighted by Crippen LogP contribution is 2.32. The van der Waals surface area contributed by atoms with Crippen molar-refractivity contribution in [1.29, 1.82) is 0 Å². The van der Waals surface area contributed by atoms with E-state index in [2.05, 4.69) is 20.7 Å². The van der Waals surface area contributed by atoms with Crippen LogP contribution in [0.1, 0.15) is 18.7 Å². The van der Waals surface area contributed by atoms with Crippen molar-refractivity contribution in [2.75, 3.05) is 0 Å². The maximum Gasteiger partial charge on any atom is 0.145 e. The maximum atomic E-state index is 6.06. The summed E-state index contributed by atoms with van der Waals surface area (Å²) >= 11 is 6.06. The number of hydrogen-bond acceptors (Lipinski definition) is 2. The summed E-state index contributed by atoms with van der Waals surface area (Å²) in [6, 6.07) is 2.00. The fourth-order valence-electron chi connectivity index (χ4n) is 1.86. The van der Waals surface area contributed by atoms with Crippen molar-refractivity contribution in [2.24, 2.45) is 5.92 Å². The van der Waals surface area contributed by atoms with Crippen LogP contribution in [-0.2, 0) is 6.54 Å². The minimum atomic E-state index is 0.562. The van der Waals surface area contributed by atoms with Crippen LogP contribution in [0.25, 0.3) is 11.0 Å². The molecule has 0 aliphatic heterocycles. The van der Waals surface area contributed by atoms with Crippen LogP contribution in [0.4, 0.5) is 0 Å². The van der Waals surface area contributed by atoms with Crippen molar-refractivity contribution >= 4 is 22.6 Å². The number of hydrogen-bond donors (Lipinski definition) is 0. The lowest BCUT2D eigenvalue weighted by atomic mass is 10.4. The van der Waals surface area contributed by atoms with Crippen molar-refractivity contribution in [1.82, 2.24) is 14.5 Å². The summed E-state index contributed by atoms with van der Waals surface area (Å²) < 4.78 is 2.19. The van der Waals surface area contributed by atoms with Gasteiger partial charge in [0, 0.05) is 12.7 Å². The Kier molecular flexibility index (Phi) is 1.96. The third-order valence-corrected chi connectivity index (χ3v) is 3.12. The van der Waals surface area contributed by atoms with Crippen molar-refractivity contribution in [3.8, 4) is 0 Å². The molecular weight excluding hydrogens is 210 g/mol. The van der Waals surface area contributed by atoms with E-state index in [0.29, 0.717) is 5.15 Å². The molecule has 78 valence electrons. The van der Waals surface area contributed by atoms with Crippen LogP contribution >= 0.6 is 11.6 Å². The molecule has 0 aromatic carbocycles. The molecule has 1 aliphatic rings. The topological polar surface area (TPSA) is 30.7 Å². The zero-order valence-electron chi connectivity index (χ0n) is 8.57. The van der Waals surface area contributed by atoms with Crippen molar-refractivity contribution in [3.05, 3.63) is 23.2 Å². The summed E-state index contributed by atoms with van der Waals surface area (Å²) in [5.74, 6) is 1.58. The van der Waals surface area contributed by atoms with Gasteiger partial charge in [-0.1, -0.05) is 11.6 Å². The van der Waals surface area contributed by atoms with E-state index in [-0.39, 0.29) is 0 Å². The molecule has 4 heteroatoms. The minimum absolute atomic E-state index is 0.562. The molecule has 0 bridgehead atoms. The Morgan fingerprint density at radius 1 is 1.47 bits per heavy atom. The van der Waals surface area contributed by atoms with Crippen molar-refractivity contribution in [2.45, 2.75) is 26.3 Å². The summed E-state index contributed by atoms with van der Waals surface area (Å²) in [7, 11) is 0. The normalized spacial score (nSPS) is 16.1. The smallest absolute Gasteiger partial charge is 0.145 e. The molecule has 2 aromatic heterocycles. The highest BCUT2D eigenvalue weighted by Gasteiger charge is 2.22. The van der Waals surface area contributed by atoms with E-state index in [4.69, 9.17) is 11.6 Å². The largest absolute Gasteiger partial charge is 0.332 e. The van der Waals surface area contributed by atoms with Gasteiger partial charge < -0.3 is 4.57 Å². The van der Waals surface area contributed by atoms with Crippen molar-refractivity contribution < 1.29 is 0 Å². The molecule has 1 aliphatic carbocycles. The molecule has 1 saturated carbocycles. The lowest BCUT2D eigenvalue weighted by Gasteiger charge is -2.03. The van der Waals surface area contributed by atoms with Gasteiger partial charge in [-0.2, -0.15) is 0 Å². The minimum Gasteiger partial charge on any atom is -0.332 e. The van der Waals surface area contributed by atoms with Gasteiger partial charge in [0.05, 0.1) is 5.39 Å². The Bertz CT molecular complexity index is 514. The van der Waals surface area contributed by atoms with Gasteiger partial charge in [-0.15, -0.1) is 0 Å². The number of rotatable bonds is 2. The van der Waals surface area contributed by atoms with Gasteiger partial charge in [0.2, 0.25) is 0 Å². The highest BCUT2D eigenvalue weighted by atomic mass is 35.5. The van der Waals surface area contributed by atoms with Gasteiger partial charge in [0.1, 0.15) is 16.6 Å². The molecule has 0 radical (unpaired) electrons. The van der Waals surface area contributed by atoms with Crippen LogP contribution in [0.15, 0.2) is 12.3 Å². The van der Waals surface area contributed by atoms with Crippen LogP contribution in [0.5, 0.6) is 0 Å². The zero-order chi connectivity index (χ0) is 10.4. The first kappa shape index (κ1) is 9.16. The van der Waals surface area contributed by atoms with Crippen LogP contribution in [0.3, 0.4) is 0 Å². The summed E-state index contributed by atoms with van der Waals surface area (Å²) in [5.41, 5.74) is 0.972. The maximum absolute atomic E-state index is 6.06. The third kappa shape index (κ3) is 1.61. The van der Waals surface area contributed by atoms with Crippen LogP contribution in [-0.4, -0.2) is 14.5 Å². The van der Waals surface area contributed by atoms with Crippen LogP contribution in [0.2, 0.25) is 5.15 Å². The van der Waals surface area contributed by atoms with E-state index < -0.39 is 0 Å². The van der Waals surface area contributed by atoms with Gasteiger partial charge in [-0.3, -0.25) is 0 Å². The second-order valence-corrected chi connectivity index (χ2v) is 4.57. The molecule has 0 unspecified atom stereocenters. The van der Waals surface area contributed by atoms with Crippen LogP contribution < -0.4 is 0 Å². The average molecular weight is 222 g/mol. The molecule has 0 spiro atoms. The number of fused-ring (bicyclic) bond motifs is 1. The standard InChI is InChI=1S/C11H12ClN3/c1-7-13-10(12)9-4-5-15(11(9)14-7)6-8-2-3-8/h4-5,8H,2-3,6H2,1H3. The number of nitrogens with zero attached hydrogens (tertiary/aromatic N) is 3. The summed E-state index contributed by atoms with van der Waals surface area (Å²) in [5, 5.41) is 1.52. The first-order chi connectivity index (χ1) is 7.24. The number of aromatic nitrogens is 3. The van der Waals surface area contributed by atoms with Gasteiger partial charge >= 0.3 is 0 Å². The fraction of sp³-hybridized carbons (Fsp3) is 0.455. The number of halogens is 1. The molecule has 2 aromatic rings. The Labute approximate surface area is 93.1 Å². The lowest BCUT2D eigenvalue weighted by molar-refractivity contribution is 0.642. The Morgan fingerprint density at radius 2 is 2.27 bits per heavy atom. The molecule has 0 N–H and O–H groups in total. The summed E-state index contributed by atoms with van der Waals surface area (Å²) in [6.45, 7) is 2.94. The second-order valence-electron chi connectivity index (χ2n) is 4.21. The quantitative estimate of drug-likeness (QED) is 0.731. The molecule has 15 heavy (non-hydrogen) atoms. The summed E-state index contributed by atoms with van der Waals surface area (Å²) in [6.07, 6.45) is 4.75. The van der Waals surface area contributed by atoms with Crippen molar-refractivity contribution in [3.63, 3.8) is 0 Å². The monoisotopic (exact) mass is 221 g/mol. The first-order valence-electron chi connectivity index (χ1n) is 5.23. The van der Waals surface area contributed by atoms with E-state index in [1.807, 2.05) is 13.0 Å². The molecular formula is C11H12ClN3. The molecule has 0 atom stereocenters. The first-order valence-corrected chi connectivity index (χ1v) is 5.61. The average Bonchev–Trinajstić information content (AvgIpc) is 2.89. The lowest BCUT2D eigenvalue weighted by Crippen LogP contribution is -2.00. The van der Waals surface area contributed by atoms with Gasteiger partial charge in [0.25, 0.3) is 0 Å². The Hall–Kier alpha value is -1.09. The third-order valence-electron chi connectivity index (χ3n) is 2.84.